The van der Waals surface area contributed by atoms with E-state index in [4.69, 9.17) is 0 Å². The van der Waals surface area contributed by atoms with Gasteiger partial charge >= 0.3 is 0 Å². The zero-order valence-electron chi connectivity index (χ0n) is 12.3. The molecule has 1 atom stereocenters. The van der Waals surface area contributed by atoms with Crippen LogP contribution in [0.2, 0.25) is 0 Å². The Morgan fingerprint density at radius 1 is 1.40 bits per heavy atom. The first-order valence-corrected chi connectivity index (χ1v) is 8.47. The molecule has 1 heterocycles. The Balaban J connectivity index is 1.95. The summed E-state index contributed by atoms with van der Waals surface area (Å²) in [6.45, 7) is 5.90. The molecule has 0 bridgehead atoms. The molecular formula is C16H24N2OS. The maximum absolute atomic E-state index is 12.5. The van der Waals surface area contributed by atoms with E-state index in [1.807, 2.05) is 34.9 Å². The highest BCUT2D eigenvalue weighted by Crippen LogP contribution is 2.15. The number of nitrogens with one attached hydrogen (secondary N) is 1. The van der Waals surface area contributed by atoms with Crippen molar-refractivity contribution in [1.29, 1.82) is 0 Å². The zero-order chi connectivity index (χ0) is 14.4. The van der Waals surface area contributed by atoms with E-state index in [2.05, 4.69) is 31.3 Å². The second-order valence-electron chi connectivity index (χ2n) is 5.53. The van der Waals surface area contributed by atoms with Crippen molar-refractivity contribution in [2.45, 2.75) is 38.9 Å². The number of carbonyl (C=O) groups excluding carboxylic acids is 1. The molecule has 1 unspecified atom stereocenters. The van der Waals surface area contributed by atoms with Gasteiger partial charge in [-0.2, -0.15) is 11.8 Å². The number of carbonyl (C=O) groups is 1. The smallest absolute Gasteiger partial charge is 0.224 e. The molecule has 1 amide bonds. The van der Waals surface area contributed by atoms with Gasteiger partial charge in [0, 0.05) is 43.1 Å². The molecule has 110 valence electrons. The molecular weight excluding hydrogens is 268 g/mol. The lowest BCUT2D eigenvalue weighted by Crippen LogP contribution is -2.44. The molecule has 1 saturated heterocycles. The second kappa shape index (κ2) is 7.70. The first-order chi connectivity index (χ1) is 9.66. The van der Waals surface area contributed by atoms with E-state index in [-0.39, 0.29) is 11.9 Å². The molecule has 0 saturated carbocycles. The highest BCUT2D eigenvalue weighted by Gasteiger charge is 2.22. The van der Waals surface area contributed by atoms with Gasteiger partial charge in [-0.1, -0.05) is 30.3 Å². The van der Waals surface area contributed by atoms with Gasteiger partial charge in [-0.05, 0) is 19.4 Å². The van der Waals surface area contributed by atoms with Crippen LogP contribution in [-0.2, 0) is 11.3 Å². The first kappa shape index (κ1) is 15.4. The van der Waals surface area contributed by atoms with Crippen LogP contribution >= 0.6 is 11.8 Å². The molecule has 2 rings (SSSR count). The van der Waals surface area contributed by atoms with Gasteiger partial charge in [0.15, 0.2) is 0 Å². The van der Waals surface area contributed by atoms with Crippen molar-refractivity contribution in [2.75, 3.05) is 18.1 Å². The Kier molecular flexibility index (Phi) is 5.92. The molecule has 4 heteroatoms. The molecule has 0 aliphatic carbocycles. The molecule has 0 radical (unpaired) electrons. The summed E-state index contributed by atoms with van der Waals surface area (Å²) >= 11 is 1.94. The summed E-state index contributed by atoms with van der Waals surface area (Å²) < 4.78 is 0. The van der Waals surface area contributed by atoms with E-state index in [1.165, 1.54) is 5.56 Å². The first-order valence-electron chi connectivity index (χ1n) is 7.31. The van der Waals surface area contributed by atoms with Gasteiger partial charge in [-0.3, -0.25) is 4.79 Å². The van der Waals surface area contributed by atoms with Crippen LogP contribution in [0.4, 0.5) is 0 Å². The van der Waals surface area contributed by atoms with Crippen LogP contribution in [0.3, 0.4) is 0 Å². The lowest BCUT2D eigenvalue weighted by Gasteiger charge is -2.30. The summed E-state index contributed by atoms with van der Waals surface area (Å²) in [5, 5.41) is 3.44. The predicted molar refractivity (Wildman–Crippen MR) is 85.9 cm³/mol. The minimum absolute atomic E-state index is 0.235. The fourth-order valence-electron chi connectivity index (χ4n) is 2.42. The van der Waals surface area contributed by atoms with E-state index in [1.54, 1.807) is 0 Å². The topological polar surface area (TPSA) is 32.3 Å². The number of rotatable bonds is 5. The molecule has 1 aromatic rings. The van der Waals surface area contributed by atoms with Crippen molar-refractivity contribution in [3.05, 3.63) is 35.9 Å². The minimum atomic E-state index is 0.235. The summed E-state index contributed by atoms with van der Waals surface area (Å²) in [5.41, 5.74) is 1.19. The van der Waals surface area contributed by atoms with Gasteiger partial charge in [0.25, 0.3) is 0 Å². The van der Waals surface area contributed by atoms with Crippen molar-refractivity contribution in [3.63, 3.8) is 0 Å². The van der Waals surface area contributed by atoms with Gasteiger partial charge in [0.1, 0.15) is 0 Å². The van der Waals surface area contributed by atoms with E-state index in [0.717, 1.165) is 18.1 Å². The molecule has 1 aliphatic rings. The highest BCUT2D eigenvalue weighted by atomic mass is 32.2. The number of hydrogen-bond donors (Lipinski definition) is 1. The summed E-state index contributed by atoms with van der Waals surface area (Å²) in [7, 11) is 0. The Bertz CT molecular complexity index is 416. The Morgan fingerprint density at radius 3 is 2.75 bits per heavy atom. The van der Waals surface area contributed by atoms with Crippen LogP contribution in [0, 0.1) is 0 Å². The van der Waals surface area contributed by atoms with Crippen LogP contribution in [0.5, 0.6) is 0 Å². The number of hydrogen-bond acceptors (Lipinski definition) is 3. The number of benzene rings is 1. The Labute approximate surface area is 126 Å². The minimum Gasteiger partial charge on any atom is -0.336 e. The van der Waals surface area contributed by atoms with E-state index < -0.39 is 0 Å². The standard InChI is InChI=1S/C16H24N2OS/c1-13(2)18(11-14-6-4-3-5-7-14)16(19)10-15-12-20-9-8-17-15/h3-7,13,15,17H,8-12H2,1-2H3. The number of nitrogens with zero attached hydrogens (tertiary/aromatic N) is 1. The van der Waals surface area contributed by atoms with Crippen molar-refractivity contribution in [2.24, 2.45) is 0 Å². The maximum atomic E-state index is 12.5. The van der Waals surface area contributed by atoms with Crippen molar-refractivity contribution < 1.29 is 4.79 Å². The Morgan fingerprint density at radius 2 is 2.15 bits per heavy atom. The third-order valence-corrected chi connectivity index (χ3v) is 4.69. The van der Waals surface area contributed by atoms with Crippen LogP contribution in [0.15, 0.2) is 30.3 Å². The fourth-order valence-corrected chi connectivity index (χ4v) is 3.37. The van der Waals surface area contributed by atoms with Crippen molar-refractivity contribution in [1.82, 2.24) is 10.2 Å². The lowest BCUT2D eigenvalue weighted by molar-refractivity contribution is -0.134. The molecule has 1 N–H and O–H groups in total. The number of amides is 1. The maximum Gasteiger partial charge on any atom is 0.224 e. The van der Waals surface area contributed by atoms with E-state index in [9.17, 15) is 4.79 Å². The quantitative estimate of drug-likeness (QED) is 0.905. The van der Waals surface area contributed by atoms with Gasteiger partial charge < -0.3 is 10.2 Å². The third-order valence-electron chi connectivity index (χ3n) is 3.56. The largest absolute Gasteiger partial charge is 0.336 e. The highest BCUT2D eigenvalue weighted by molar-refractivity contribution is 7.99. The van der Waals surface area contributed by atoms with Crippen molar-refractivity contribution >= 4 is 17.7 Å². The summed E-state index contributed by atoms with van der Waals surface area (Å²) in [6, 6.07) is 10.8. The molecule has 1 aromatic carbocycles. The summed E-state index contributed by atoms with van der Waals surface area (Å²) in [4.78, 5) is 14.5. The molecule has 0 spiro atoms. The van der Waals surface area contributed by atoms with Gasteiger partial charge in [0.2, 0.25) is 5.91 Å². The van der Waals surface area contributed by atoms with Gasteiger partial charge in [0.05, 0.1) is 0 Å². The molecule has 1 aliphatic heterocycles. The zero-order valence-corrected chi connectivity index (χ0v) is 13.2. The monoisotopic (exact) mass is 292 g/mol. The van der Waals surface area contributed by atoms with Crippen LogP contribution in [0.1, 0.15) is 25.8 Å². The fraction of sp³-hybridized carbons (Fsp3) is 0.562. The third kappa shape index (κ3) is 4.53. The van der Waals surface area contributed by atoms with Gasteiger partial charge in [-0.15, -0.1) is 0 Å². The second-order valence-corrected chi connectivity index (χ2v) is 6.68. The summed E-state index contributed by atoms with van der Waals surface area (Å²) in [6.07, 6.45) is 0.609. The Hall–Kier alpha value is -1.00. The predicted octanol–water partition coefficient (Wildman–Crippen LogP) is 2.52. The average molecular weight is 292 g/mol. The van der Waals surface area contributed by atoms with Crippen LogP contribution < -0.4 is 5.32 Å². The molecule has 0 aromatic heterocycles. The van der Waals surface area contributed by atoms with Crippen LogP contribution in [0.25, 0.3) is 0 Å². The van der Waals surface area contributed by atoms with Gasteiger partial charge in [-0.25, -0.2) is 0 Å². The SMILES string of the molecule is CC(C)N(Cc1ccccc1)C(=O)CC1CSCCN1. The average Bonchev–Trinajstić information content (AvgIpc) is 2.46. The normalized spacial score (nSPS) is 19.1. The van der Waals surface area contributed by atoms with Crippen molar-refractivity contribution in [3.8, 4) is 0 Å². The number of thioether (sulfide) groups is 1. The molecule has 20 heavy (non-hydrogen) atoms. The van der Waals surface area contributed by atoms with E-state index in [0.29, 0.717) is 19.0 Å². The molecule has 3 nitrogen and oxygen atoms in total. The summed E-state index contributed by atoms with van der Waals surface area (Å²) in [5.74, 6) is 2.45. The van der Waals surface area contributed by atoms with Crippen LogP contribution in [-0.4, -0.2) is 40.9 Å². The lowest BCUT2D eigenvalue weighted by atomic mass is 10.1. The van der Waals surface area contributed by atoms with E-state index >= 15 is 0 Å². The molecule has 1 fully saturated rings.